The van der Waals surface area contributed by atoms with Gasteiger partial charge < -0.3 is 0 Å². The van der Waals surface area contributed by atoms with Gasteiger partial charge in [0.2, 0.25) is 0 Å². The Bertz CT molecular complexity index is 153. The zero-order chi connectivity index (χ0) is 7.61. The van der Waals surface area contributed by atoms with Crippen LogP contribution in [0.3, 0.4) is 0 Å². The van der Waals surface area contributed by atoms with Gasteiger partial charge in [0.05, 0.1) is 6.07 Å². The molecule has 56 valence electrons. The van der Waals surface area contributed by atoms with E-state index >= 15 is 0 Å². The smallest absolute Gasteiger partial charge is 0.102 e. The largest absolute Gasteiger partial charge is 0.197 e. The summed E-state index contributed by atoms with van der Waals surface area (Å²) in [6.45, 7) is 4.39. The number of nitriles is 1. The number of hydrogen-bond acceptors (Lipinski definition) is 2. The van der Waals surface area contributed by atoms with Gasteiger partial charge in [0, 0.05) is 0 Å². The normalized spacial score (nSPS) is 20.6. The molecule has 0 aromatic heterocycles. The molecule has 10 heavy (non-hydrogen) atoms. The first-order valence-electron chi connectivity index (χ1n) is 3.74. The quantitative estimate of drug-likeness (QED) is 0.625. The third kappa shape index (κ3) is 1.91. The van der Waals surface area contributed by atoms with Gasteiger partial charge in [-0.3, -0.25) is 0 Å². The highest BCUT2D eigenvalue weighted by Gasteiger charge is 2.43. The summed E-state index contributed by atoms with van der Waals surface area (Å²) >= 11 is 1.84. The van der Waals surface area contributed by atoms with Gasteiger partial charge in [0.1, 0.15) is 4.75 Å². The van der Waals surface area contributed by atoms with Crippen molar-refractivity contribution >= 4 is 11.8 Å². The minimum atomic E-state index is 0.0459. The topological polar surface area (TPSA) is 23.8 Å². The number of hydrogen-bond donors (Lipinski definition) is 0. The standard InChI is InChI=1S/C8H13NS/c1-7(2)5-10-8(6-9)3-4-8/h7H,3-5H2,1-2H3. The molecule has 0 aliphatic heterocycles. The van der Waals surface area contributed by atoms with Gasteiger partial charge in [0.25, 0.3) is 0 Å². The number of thioether (sulfide) groups is 1. The Morgan fingerprint density at radius 2 is 2.20 bits per heavy atom. The van der Waals surface area contributed by atoms with Crippen LogP contribution in [-0.4, -0.2) is 10.5 Å². The first-order chi connectivity index (χ1) is 4.68. The average Bonchev–Trinajstić information content (AvgIpc) is 2.64. The molecule has 1 fully saturated rings. The Kier molecular flexibility index (Phi) is 2.25. The van der Waals surface area contributed by atoms with E-state index in [1.165, 1.54) is 0 Å². The van der Waals surface area contributed by atoms with E-state index in [-0.39, 0.29) is 4.75 Å². The Morgan fingerprint density at radius 1 is 1.60 bits per heavy atom. The van der Waals surface area contributed by atoms with E-state index in [1.807, 2.05) is 11.8 Å². The van der Waals surface area contributed by atoms with Crippen molar-refractivity contribution in [3.8, 4) is 6.07 Å². The van der Waals surface area contributed by atoms with Crippen LogP contribution in [0.15, 0.2) is 0 Å². The third-order valence-corrected chi connectivity index (χ3v) is 3.49. The first kappa shape index (κ1) is 7.94. The molecule has 1 nitrogen and oxygen atoms in total. The van der Waals surface area contributed by atoms with Crippen molar-refractivity contribution in [1.82, 2.24) is 0 Å². The van der Waals surface area contributed by atoms with E-state index in [4.69, 9.17) is 5.26 Å². The second-order valence-corrected chi connectivity index (χ2v) is 4.71. The van der Waals surface area contributed by atoms with E-state index in [0.717, 1.165) is 24.5 Å². The lowest BCUT2D eigenvalue weighted by Gasteiger charge is -2.06. The SMILES string of the molecule is CC(C)CSC1(C#N)CC1. The molecule has 0 radical (unpaired) electrons. The molecule has 2 heteroatoms. The molecule has 0 unspecified atom stereocenters. The zero-order valence-corrected chi connectivity index (χ0v) is 7.37. The van der Waals surface area contributed by atoms with Crippen molar-refractivity contribution in [3.05, 3.63) is 0 Å². The van der Waals surface area contributed by atoms with Crippen LogP contribution in [0, 0.1) is 17.2 Å². The lowest BCUT2D eigenvalue weighted by molar-refractivity contribution is 0.749. The summed E-state index contributed by atoms with van der Waals surface area (Å²) in [5.74, 6) is 1.85. The van der Waals surface area contributed by atoms with Crippen molar-refractivity contribution in [2.24, 2.45) is 5.92 Å². The molecular weight excluding hydrogens is 142 g/mol. The lowest BCUT2D eigenvalue weighted by atomic mass is 10.3. The molecule has 1 aliphatic carbocycles. The van der Waals surface area contributed by atoms with Crippen LogP contribution in [0.5, 0.6) is 0 Å². The summed E-state index contributed by atoms with van der Waals surface area (Å²) in [4.78, 5) is 0. The molecular formula is C8H13NS. The van der Waals surface area contributed by atoms with Crippen LogP contribution in [-0.2, 0) is 0 Å². The summed E-state index contributed by atoms with van der Waals surface area (Å²) in [5, 5.41) is 8.70. The van der Waals surface area contributed by atoms with Gasteiger partial charge >= 0.3 is 0 Å². The molecule has 1 aliphatic rings. The first-order valence-corrected chi connectivity index (χ1v) is 4.72. The highest BCUT2D eigenvalue weighted by atomic mass is 32.2. The Morgan fingerprint density at radius 3 is 2.50 bits per heavy atom. The lowest BCUT2D eigenvalue weighted by Crippen LogP contribution is -2.02. The summed E-state index contributed by atoms with van der Waals surface area (Å²) in [6.07, 6.45) is 2.22. The number of nitrogens with zero attached hydrogens (tertiary/aromatic N) is 1. The fourth-order valence-electron chi connectivity index (χ4n) is 0.728. The van der Waals surface area contributed by atoms with Crippen molar-refractivity contribution in [2.45, 2.75) is 31.4 Å². The van der Waals surface area contributed by atoms with Crippen LogP contribution in [0.4, 0.5) is 0 Å². The van der Waals surface area contributed by atoms with Crippen molar-refractivity contribution in [1.29, 1.82) is 5.26 Å². The molecule has 0 aromatic rings. The summed E-state index contributed by atoms with van der Waals surface area (Å²) in [6, 6.07) is 2.37. The van der Waals surface area contributed by atoms with Crippen LogP contribution in [0.25, 0.3) is 0 Å². The Balaban J connectivity index is 2.21. The van der Waals surface area contributed by atoms with Crippen molar-refractivity contribution in [2.75, 3.05) is 5.75 Å². The third-order valence-electron chi connectivity index (χ3n) is 1.60. The van der Waals surface area contributed by atoms with Crippen molar-refractivity contribution in [3.63, 3.8) is 0 Å². The van der Waals surface area contributed by atoms with Gasteiger partial charge in [-0.05, 0) is 24.5 Å². The summed E-state index contributed by atoms with van der Waals surface area (Å²) in [7, 11) is 0. The van der Waals surface area contributed by atoms with E-state index in [0.29, 0.717) is 0 Å². The fraction of sp³-hybridized carbons (Fsp3) is 0.875. The molecule has 0 N–H and O–H groups in total. The van der Waals surface area contributed by atoms with Gasteiger partial charge in [0.15, 0.2) is 0 Å². The minimum Gasteiger partial charge on any atom is -0.197 e. The maximum Gasteiger partial charge on any atom is 0.102 e. The summed E-state index contributed by atoms with van der Waals surface area (Å²) < 4.78 is 0.0459. The van der Waals surface area contributed by atoms with Crippen LogP contribution in [0.2, 0.25) is 0 Å². The van der Waals surface area contributed by atoms with Crippen LogP contribution < -0.4 is 0 Å². The number of rotatable bonds is 3. The fourth-order valence-corrected chi connectivity index (χ4v) is 1.84. The molecule has 0 aromatic carbocycles. The predicted octanol–water partition coefficient (Wildman–Crippen LogP) is 2.43. The molecule has 0 heterocycles. The Hall–Kier alpha value is -0.160. The van der Waals surface area contributed by atoms with Crippen LogP contribution in [0.1, 0.15) is 26.7 Å². The molecule has 0 atom stereocenters. The maximum absolute atomic E-state index is 8.70. The van der Waals surface area contributed by atoms with Crippen molar-refractivity contribution < 1.29 is 0 Å². The van der Waals surface area contributed by atoms with E-state index < -0.39 is 0 Å². The Labute approximate surface area is 66.8 Å². The molecule has 1 saturated carbocycles. The molecule has 0 bridgehead atoms. The van der Waals surface area contributed by atoms with E-state index in [1.54, 1.807) is 0 Å². The molecule has 0 spiro atoms. The zero-order valence-electron chi connectivity index (χ0n) is 6.55. The average molecular weight is 155 g/mol. The monoisotopic (exact) mass is 155 g/mol. The van der Waals surface area contributed by atoms with Gasteiger partial charge in [-0.1, -0.05) is 13.8 Å². The summed E-state index contributed by atoms with van der Waals surface area (Å²) in [5.41, 5.74) is 0. The van der Waals surface area contributed by atoms with Gasteiger partial charge in [-0.2, -0.15) is 5.26 Å². The van der Waals surface area contributed by atoms with Gasteiger partial charge in [-0.25, -0.2) is 0 Å². The second kappa shape index (κ2) is 2.84. The van der Waals surface area contributed by atoms with E-state index in [9.17, 15) is 0 Å². The molecule has 0 saturated heterocycles. The van der Waals surface area contributed by atoms with Gasteiger partial charge in [-0.15, -0.1) is 11.8 Å². The maximum atomic E-state index is 8.70. The predicted molar refractivity (Wildman–Crippen MR) is 44.9 cm³/mol. The highest BCUT2D eigenvalue weighted by molar-refractivity contribution is 8.01. The van der Waals surface area contributed by atoms with E-state index in [2.05, 4.69) is 19.9 Å². The second-order valence-electron chi connectivity index (χ2n) is 3.31. The highest BCUT2D eigenvalue weighted by Crippen LogP contribution is 2.48. The minimum absolute atomic E-state index is 0.0459. The molecule has 0 amide bonds. The van der Waals surface area contributed by atoms with Crippen LogP contribution >= 0.6 is 11.8 Å². The molecule has 1 rings (SSSR count).